The van der Waals surface area contributed by atoms with E-state index in [1.54, 1.807) is 0 Å². The fourth-order valence-corrected chi connectivity index (χ4v) is 2.94. The summed E-state index contributed by atoms with van der Waals surface area (Å²) in [5.74, 6) is 1.22. The first-order valence-electron chi connectivity index (χ1n) is 5.76. The highest BCUT2D eigenvalue weighted by molar-refractivity contribution is 9.10. The third-order valence-corrected chi connectivity index (χ3v) is 3.60. The normalized spacial score (nSPS) is 19.3. The molecule has 1 aromatic carbocycles. The lowest BCUT2D eigenvalue weighted by atomic mass is 10.2. The molecule has 2 heterocycles. The molecule has 6 heteroatoms. The maximum absolute atomic E-state index is 6.00. The lowest BCUT2D eigenvalue weighted by Crippen LogP contribution is -2.14. The van der Waals surface area contributed by atoms with Gasteiger partial charge in [0, 0.05) is 15.1 Å². The Morgan fingerprint density at radius 3 is 3.00 bits per heavy atom. The van der Waals surface area contributed by atoms with Gasteiger partial charge in [-0.15, -0.1) is 0 Å². The number of hydrogen-bond acceptors (Lipinski definition) is 4. The fraction of sp³-hybridized carbons (Fsp3) is 0.333. The summed E-state index contributed by atoms with van der Waals surface area (Å²) < 4.78 is 6.18. The molecule has 0 bridgehead atoms. The molecule has 3 rings (SSSR count). The van der Waals surface area contributed by atoms with Crippen LogP contribution >= 0.6 is 27.5 Å². The minimum atomic E-state index is 0.213. The Morgan fingerprint density at radius 2 is 2.28 bits per heavy atom. The Kier molecular flexibility index (Phi) is 3.37. The molecular weight excluding hydrogens is 318 g/mol. The smallest absolute Gasteiger partial charge is 0.258 e. The number of nitrogens with zero attached hydrogens (tertiary/aromatic N) is 2. The van der Waals surface area contributed by atoms with Crippen molar-refractivity contribution in [2.75, 3.05) is 6.54 Å². The third kappa shape index (κ3) is 2.43. The Bertz CT molecular complexity index is 546. The second-order valence-electron chi connectivity index (χ2n) is 4.26. The molecule has 94 valence electrons. The van der Waals surface area contributed by atoms with Crippen molar-refractivity contribution in [3.05, 3.63) is 33.5 Å². The molecule has 0 aliphatic carbocycles. The zero-order valence-electron chi connectivity index (χ0n) is 9.49. The lowest BCUT2D eigenvalue weighted by Gasteiger charge is -2.01. The van der Waals surface area contributed by atoms with Crippen molar-refractivity contribution >= 4 is 27.5 Å². The van der Waals surface area contributed by atoms with E-state index in [4.69, 9.17) is 16.1 Å². The zero-order chi connectivity index (χ0) is 12.5. The van der Waals surface area contributed by atoms with Crippen LogP contribution in [-0.4, -0.2) is 16.7 Å². The number of halogens is 2. The molecule has 1 aliphatic heterocycles. The summed E-state index contributed by atoms with van der Waals surface area (Å²) in [5, 5.41) is 8.00. The van der Waals surface area contributed by atoms with Gasteiger partial charge < -0.3 is 9.84 Å². The van der Waals surface area contributed by atoms with Gasteiger partial charge in [-0.25, -0.2) is 0 Å². The van der Waals surface area contributed by atoms with Crippen LogP contribution in [0.1, 0.15) is 24.7 Å². The van der Waals surface area contributed by atoms with Gasteiger partial charge in [-0.05, 0) is 37.6 Å². The predicted molar refractivity (Wildman–Crippen MR) is 72.4 cm³/mol. The van der Waals surface area contributed by atoms with Crippen LogP contribution < -0.4 is 5.32 Å². The minimum Gasteiger partial charge on any atom is -0.334 e. The minimum absolute atomic E-state index is 0.213. The zero-order valence-corrected chi connectivity index (χ0v) is 11.8. The van der Waals surface area contributed by atoms with Crippen LogP contribution in [0.5, 0.6) is 0 Å². The van der Waals surface area contributed by atoms with Gasteiger partial charge in [-0.1, -0.05) is 32.7 Å². The van der Waals surface area contributed by atoms with E-state index in [-0.39, 0.29) is 6.04 Å². The quantitative estimate of drug-likeness (QED) is 0.915. The lowest BCUT2D eigenvalue weighted by molar-refractivity contribution is 0.412. The van der Waals surface area contributed by atoms with Gasteiger partial charge in [0.1, 0.15) is 0 Å². The molecule has 1 aliphatic rings. The summed E-state index contributed by atoms with van der Waals surface area (Å²) in [6.45, 7) is 1.01. The topological polar surface area (TPSA) is 51.0 Å². The largest absolute Gasteiger partial charge is 0.334 e. The summed E-state index contributed by atoms with van der Waals surface area (Å²) in [6, 6.07) is 5.75. The van der Waals surface area contributed by atoms with Gasteiger partial charge in [-0.2, -0.15) is 4.98 Å². The molecule has 1 N–H and O–H groups in total. The van der Waals surface area contributed by atoms with Crippen LogP contribution in [0.4, 0.5) is 0 Å². The number of benzene rings is 1. The average molecular weight is 329 g/mol. The molecule has 0 spiro atoms. The molecule has 1 unspecified atom stereocenters. The van der Waals surface area contributed by atoms with Crippen molar-refractivity contribution in [2.24, 2.45) is 0 Å². The molecule has 4 nitrogen and oxygen atoms in total. The second-order valence-corrected chi connectivity index (χ2v) is 5.62. The standard InChI is InChI=1S/C12H11BrClN3O/c13-8-4-7(5-9(14)6-8)12-16-11(17-18-12)10-2-1-3-15-10/h4-6,10,15H,1-3H2. The molecule has 0 radical (unpaired) electrons. The van der Waals surface area contributed by atoms with Crippen molar-refractivity contribution in [3.63, 3.8) is 0 Å². The van der Waals surface area contributed by atoms with Crippen LogP contribution in [-0.2, 0) is 0 Å². The van der Waals surface area contributed by atoms with Gasteiger partial charge in [0.25, 0.3) is 5.89 Å². The Labute approximate surface area is 118 Å². The van der Waals surface area contributed by atoms with E-state index in [2.05, 4.69) is 31.4 Å². The van der Waals surface area contributed by atoms with E-state index in [1.807, 2.05) is 18.2 Å². The molecule has 1 saturated heterocycles. The molecule has 1 aromatic heterocycles. The first kappa shape index (κ1) is 12.1. The molecule has 18 heavy (non-hydrogen) atoms. The van der Waals surface area contributed by atoms with Gasteiger partial charge >= 0.3 is 0 Å². The van der Waals surface area contributed by atoms with Gasteiger partial charge in [-0.3, -0.25) is 0 Å². The Hall–Kier alpha value is -0.910. The Balaban J connectivity index is 1.92. The van der Waals surface area contributed by atoms with Crippen LogP contribution in [0.25, 0.3) is 11.5 Å². The van der Waals surface area contributed by atoms with Crippen LogP contribution in [0.3, 0.4) is 0 Å². The second kappa shape index (κ2) is 4.99. The number of hydrogen-bond donors (Lipinski definition) is 1. The monoisotopic (exact) mass is 327 g/mol. The number of nitrogens with one attached hydrogen (secondary N) is 1. The van der Waals surface area contributed by atoms with Crippen molar-refractivity contribution in [2.45, 2.75) is 18.9 Å². The van der Waals surface area contributed by atoms with E-state index in [1.165, 1.54) is 0 Å². The van der Waals surface area contributed by atoms with E-state index < -0.39 is 0 Å². The van der Waals surface area contributed by atoms with E-state index in [0.29, 0.717) is 10.9 Å². The maximum atomic E-state index is 6.00. The van der Waals surface area contributed by atoms with Crippen LogP contribution in [0.2, 0.25) is 5.02 Å². The summed E-state index contributed by atoms with van der Waals surface area (Å²) in [6.07, 6.45) is 2.20. The van der Waals surface area contributed by atoms with Crippen molar-refractivity contribution in [1.29, 1.82) is 0 Å². The van der Waals surface area contributed by atoms with E-state index >= 15 is 0 Å². The highest BCUT2D eigenvalue weighted by atomic mass is 79.9. The van der Waals surface area contributed by atoms with E-state index in [0.717, 1.165) is 35.2 Å². The summed E-state index contributed by atoms with van der Waals surface area (Å²) in [7, 11) is 0. The van der Waals surface area contributed by atoms with E-state index in [9.17, 15) is 0 Å². The van der Waals surface area contributed by atoms with Crippen LogP contribution in [0.15, 0.2) is 27.2 Å². The van der Waals surface area contributed by atoms with Crippen molar-refractivity contribution in [3.8, 4) is 11.5 Å². The van der Waals surface area contributed by atoms with Gasteiger partial charge in [0.2, 0.25) is 0 Å². The Morgan fingerprint density at radius 1 is 1.39 bits per heavy atom. The van der Waals surface area contributed by atoms with Gasteiger partial charge in [0.05, 0.1) is 6.04 Å². The third-order valence-electron chi connectivity index (χ3n) is 2.92. The first-order chi connectivity index (χ1) is 8.72. The average Bonchev–Trinajstić information content (AvgIpc) is 2.99. The highest BCUT2D eigenvalue weighted by Crippen LogP contribution is 2.28. The summed E-state index contributed by atoms with van der Waals surface area (Å²) in [4.78, 5) is 4.42. The summed E-state index contributed by atoms with van der Waals surface area (Å²) >= 11 is 9.40. The first-order valence-corrected chi connectivity index (χ1v) is 6.93. The maximum Gasteiger partial charge on any atom is 0.258 e. The fourth-order valence-electron chi connectivity index (χ4n) is 2.08. The van der Waals surface area contributed by atoms with Crippen molar-refractivity contribution in [1.82, 2.24) is 15.5 Å². The molecule has 0 amide bonds. The molecule has 0 saturated carbocycles. The number of aromatic nitrogens is 2. The van der Waals surface area contributed by atoms with Crippen molar-refractivity contribution < 1.29 is 4.52 Å². The highest BCUT2D eigenvalue weighted by Gasteiger charge is 2.22. The molecule has 1 atom stereocenters. The SMILES string of the molecule is Clc1cc(Br)cc(-c2nc(C3CCCN3)no2)c1. The number of rotatable bonds is 2. The molecule has 1 fully saturated rings. The summed E-state index contributed by atoms with van der Waals surface area (Å²) in [5.41, 5.74) is 0.825. The van der Waals surface area contributed by atoms with Gasteiger partial charge in [0.15, 0.2) is 5.82 Å². The predicted octanol–water partition coefficient (Wildman–Crippen LogP) is 3.58. The molecular formula is C12H11BrClN3O. The molecule has 2 aromatic rings. The van der Waals surface area contributed by atoms with Crippen LogP contribution in [0, 0.1) is 0 Å².